The number of nitrogens with one attached hydrogen (secondary N) is 1. The summed E-state index contributed by atoms with van der Waals surface area (Å²) in [5.74, 6) is -0.0139. The van der Waals surface area contributed by atoms with E-state index in [0.29, 0.717) is 19.7 Å². The maximum Gasteiger partial charge on any atom is 0.253 e. The van der Waals surface area contributed by atoms with Crippen LogP contribution in [0.1, 0.15) is 0 Å². The lowest BCUT2D eigenvalue weighted by Crippen LogP contribution is -2.41. The summed E-state index contributed by atoms with van der Waals surface area (Å²) in [6, 6.07) is 7.60. The van der Waals surface area contributed by atoms with Crippen molar-refractivity contribution in [3.05, 3.63) is 24.3 Å². The predicted molar refractivity (Wildman–Crippen MR) is 72.0 cm³/mol. The van der Waals surface area contributed by atoms with Crippen LogP contribution in [0.5, 0.6) is 0 Å². The summed E-state index contributed by atoms with van der Waals surface area (Å²) in [5.41, 5.74) is 1.75. The van der Waals surface area contributed by atoms with E-state index < -0.39 is 0 Å². The molecule has 1 aromatic carbocycles. The molecule has 0 radical (unpaired) electrons. The number of hydrogen-bond acceptors (Lipinski definition) is 6. The number of nitrogens with zero attached hydrogens (tertiary/aromatic N) is 2. The monoisotopic (exact) mass is 279 g/mol. The van der Waals surface area contributed by atoms with E-state index in [1.165, 1.54) is 0 Å². The molecule has 2 fully saturated rings. The molecule has 0 aliphatic carbocycles. The van der Waals surface area contributed by atoms with Gasteiger partial charge in [-0.05, 0) is 31.3 Å². The number of anilines is 2. The van der Waals surface area contributed by atoms with Crippen molar-refractivity contribution in [2.75, 3.05) is 43.3 Å². The number of rotatable bonds is 3. The molecule has 2 aliphatic heterocycles. The Hall–Kier alpha value is -1.67. The number of carbonyl (C=O) groups is 1. The topological polar surface area (TPSA) is 63.3 Å². The van der Waals surface area contributed by atoms with E-state index in [1.807, 2.05) is 31.3 Å². The molecule has 0 aromatic heterocycles. The maximum atomic E-state index is 11.8. The molecule has 1 unspecified atom stereocenters. The van der Waals surface area contributed by atoms with Crippen molar-refractivity contribution in [3.8, 4) is 0 Å². The molecule has 1 atom stereocenters. The largest absolute Gasteiger partial charge is 0.370 e. The second kappa shape index (κ2) is 5.76. The minimum Gasteiger partial charge on any atom is -0.370 e. The molecule has 1 aromatic rings. The summed E-state index contributed by atoms with van der Waals surface area (Å²) < 4.78 is 5.12. The lowest BCUT2D eigenvalue weighted by molar-refractivity contribution is -0.287. The van der Waals surface area contributed by atoms with Gasteiger partial charge < -0.3 is 9.64 Å². The Balaban J connectivity index is 1.70. The van der Waals surface area contributed by atoms with Gasteiger partial charge in [0, 0.05) is 12.2 Å². The van der Waals surface area contributed by atoms with Gasteiger partial charge in [0.1, 0.15) is 6.61 Å². The van der Waals surface area contributed by atoms with Crippen molar-refractivity contribution < 1.29 is 19.4 Å². The van der Waals surface area contributed by atoms with Crippen LogP contribution in [0.25, 0.3) is 0 Å². The number of hydrogen-bond donors (Lipinski definition) is 1. The van der Waals surface area contributed by atoms with Crippen molar-refractivity contribution in [2.45, 2.75) is 6.23 Å². The summed E-state index contributed by atoms with van der Waals surface area (Å²) in [5, 5.41) is 4.64. The summed E-state index contributed by atoms with van der Waals surface area (Å²) >= 11 is 0. The van der Waals surface area contributed by atoms with Crippen molar-refractivity contribution >= 4 is 17.3 Å². The molecule has 2 heterocycles. The van der Waals surface area contributed by atoms with Gasteiger partial charge in [0.15, 0.2) is 6.23 Å². The zero-order valence-corrected chi connectivity index (χ0v) is 11.2. The maximum absolute atomic E-state index is 11.8. The predicted octanol–water partition coefficient (Wildman–Crippen LogP) is 0.278. The van der Waals surface area contributed by atoms with Crippen LogP contribution in [-0.2, 0) is 19.4 Å². The molecule has 2 saturated heterocycles. The van der Waals surface area contributed by atoms with Crippen molar-refractivity contribution in [3.63, 3.8) is 0 Å². The van der Waals surface area contributed by atoms with Crippen LogP contribution in [0.2, 0.25) is 0 Å². The highest BCUT2D eigenvalue weighted by Crippen LogP contribution is 2.24. The van der Waals surface area contributed by atoms with E-state index in [9.17, 15) is 4.79 Å². The minimum atomic E-state index is -0.143. The molecule has 7 heteroatoms. The fraction of sp³-hybridized carbons (Fsp3) is 0.462. The summed E-state index contributed by atoms with van der Waals surface area (Å²) in [6.45, 7) is 1.91. The quantitative estimate of drug-likeness (QED) is 0.802. The summed E-state index contributed by atoms with van der Waals surface area (Å²) in [6.07, 6.45) is -0.143. The van der Waals surface area contributed by atoms with Gasteiger partial charge in [0.05, 0.1) is 18.8 Å². The van der Waals surface area contributed by atoms with Crippen molar-refractivity contribution in [1.29, 1.82) is 0 Å². The van der Waals surface area contributed by atoms with E-state index in [4.69, 9.17) is 14.6 Å². The smallest absolute Gasteiger partial charge is 0.253 e. The molecule has 0 bridgehead atoms. The third-order valence-electron chi connectivity index (χ3n) is 3.34. The van der Waals surface area contributed by atoms with Crippen LogP contribution >= 0.6 is 0 Å². The van der Waals surface area contributed by atoms with E-state index >= 15 is 0 Å². The molecule has 1 amide bonds. The molecule has 7 nitrogen and oxygen atoms in total. The second-order valence-corrected chi connectivity index (χ2v) is 4.62. The third-order valence-corrected chi connectivity index (χ3v) is 3.34. The average molecular weight is 279 g/mol. The zero-order chi connectivity index (χ0) is 13.9. The minimum absolute atomic E-state index is 0.0139. The Bertz CT molecular complexity index is 479. The number of ether oxygens (including phenoxy) is 1. The van der Waals surface area contributed by atoms with Gasteiger partial charge in [-0.1, -0.05) is 0 Å². The number of morpholine rings is 1. The number of hydroxylamine groups is 1. The lowest BCUT2D eigenvalue weighted by Gasteiger charge is -2.27. The highest BCUT2D eigenvalue weighted by atomic mass is 17.3. The second-order valence-electron chi connectivity index (χ2n) is 4.62. The van der Waals surface area contributed by atoms with Crippen molar-refractivity contribution in [2.24, 2.45) is 0 Å². The third kappa shape index (κ3) is 2.61. The fourth-order valence-corrected chi connectivity index (χ4v) is 2.19. The van der Waals surface area contributed by atoms with Gasteiger partial charge in [-0.3, -0.25) is 10.1 Å². The van der Waals surface area contributed by atoms with Crippen LogP contribution in [0.3, 0.4) is 0 Å². The van der Waals surface area contributed by atoms with Crippen LogP contribution in [0, 0.1) is 0 Å². The lowest BCUT2D eigenvalue weighted by atomic mass is 10.2. The molecule has 3 rings (SSSR count). The van der Waals surface area contributed by atoms with Crippen LogP contribution in [0.4, 0.5) is 11.4 Å². The molecule has 0 saturated carbocycles. The van der Waals surface area contributed by atoms with E-state index in [0.717, 1.165) is 11.4 Å². The molecular weight excluding hydrogens is 262 g/mol. The Morgan fingerprint density at radius 1 is 1.25 bits per heavy atom. The Morgan fingerprint density at radius 2 is 2.00 bits per heavy atom. The zero-order valence-electron chi connectivity index (χ0n) is 11.2. The first kappa shape index (κ1) is 13.3. The molecule has 108 valence electrons. The van der Waals surface area contributed by atoms with Gasteiger partial charge in [-0.25, -0.2) is 5.06 Å². The first-order chi connectivity index (χ1) is 9.78. The van der Waals surface area contributed by atoms with Crippen LogP contribution in [0.15, 0.2) is 24.3 Å². The average Bonchev–Trinajstić information content (AvgIpc) is 2.97. The van der Waals surface area contributed by atoms with Gasteiger partial charge in [0.2, 0.25) is 0 Å². The highest BCUT2D eigenvalue weighted by molar-refractivity contribution is 5.94. The van der Waals surface area contributed by atoms with E-state index in [1.54, 1.807) is 9.96 Å². The standard InChI is InChI=1S/C13H17N3O4/c1-14-12-8-16(20-19-12)11-4-2-10(3-5-11)15-6-7-18-9-13(15)17/h2-5,12,14H,6-9H2,1H3. The number of amides is 1. The SMILES string of the molecule is CNC1CN(c2ccc(N3CCOCC3=O)cc2)OO1. The number of likely N-dealkylation sites (N-methyl/N-ethyl adjacent to an activating group) is 1. The Morgan fingerprint density at radius 3 is 2.65 bits per heavy atom. The number of carbonyl (C=O) groups excluding carboxylic acids is 1. The summed E-state index contributed by atoms with van der Waals surface area (Å²) in [4.78, 5) is 23.7. The summed E-state index contributed by atoms with van der Waals surface area (Å²) in [7, 11) is 1.81. The molecule has 1 N–H and O–H groups in total. The normalized spacial score (nSPS) is 23.4. The van der Waals surface area contributed by atoms with Crippen molar-refractivity contribution in [1.82, 2.24) is 5.32 Å². The van der Waals surface area contributed by atoms with Gasteiger partial charge in [-0.15, -0.1) is 4.99 Å². The molecular formula is C13H17N3O4. The highest BCUT2D eigenvalue weighted by Gasteiger charge is 2.25. The van der Waals surface area contributed by atoms with Crippen LogP contribution in [-0.4, -0.2) is 45.5 Å². The van der Waals surface area contributed by atoms with Gasteiger partial charge in [-0.2, -0.15) is 4.89 Å². The number of benzene rings is 1. The molecule has 20 heavy (non-hydrogen) atoms. The van der Waals surface area contributed by atoms with E-state index in [2.05, 4.69) is 5.32 Å². The fourth-order valence-electron chi connectivity index (χ4n) is 2.19. The Kier molecular flexibility index (Phi) is 3.83. The first-order valence-electron chi connectivity index (χ1n) is 6.54. The first-order valence-corrected chi connectivity index (χ1v) is 6.54. The molecule has 0 spiro atoms. The molecule has 2 aliphatic rings. The Labute approximate surface area is 116 Å². The van der Waals surface area contributed by atoms with E-state index in [-0.39, 0.29) is 18.7 Å². The van der Waals surface area contributed by atoms with Crippen LogP contribution < -0.4 is 15.3 Å². The van der Waals surface area contributed by atoms with Gasteiger partial charge >= 0.3 is 0 Å². The van der Waals surface area contributed by atoms with Gasteiger partial charge in [0.25, 0.3) is 5.91 Å².